The molecule has 0 N–H and O–H groups in total. The van der Waals surface area contributed by atoms with E-state index in [0.717, 1.165) is 12.8 Å². The third-order valence-corrected chi connectivity index (χ3v) is 2.70. The molecule has 0 fully saturated rings. The van der Waals surface area contributed by atoms with Crippen LogP contribution >= 0.6 is 0 Å². The van der Waals surface area contributed by atoms with Crippen LogP contribution in [0.1, 0.15) is 44.6 Å². The second kappa shape index (κ2) is 7.04. The first-order valence-corrected chi connectivity index (χ1v) is 5.94. The Labute approximate surface area is 97.6 Å². The van der Waals surface area contributed by atoms with Crippen molar-refractivity contribution in [3.05, 3.63) is 35.9 Å². The number of benzene rings is 1. The van der Waals surface area contributed by atoms with Gasteiger partial charge >= 0.3 is 5.97 Å². The molecule has 0 saturated carbocycles. The van der Waals surface area contributed by atoms with Crippen molar-refractivity contribution in [2.24, 2.45) is 0 Å². The van der Waals surface area contributed by atoms with Gasteiger partial charge in [-0.1, -0.05) is 44.2 Å². The van der Waals surface area contributed by atoms with Crippen LogP contribution in [0.5, 0.6) is 0 Å². The molecule has 0 amide bonds. The normalized spacial score (nSPS) is 12.1. The van der Waals surface area contributed by atoms with Gasteiger partial charge in [0.1, 0.15) is 0 Å². The number of hydrogen-bond acceptors (Lipinski definition) is 2. The van der Waals surface area contributed by atoms with E-state index in [4.69, 9.17) is 4.74 Å². The second-order valence-electron chi connectivity index (χ2n) is 4.03. The quantitative estimate of drug-likeness (QED) is 0.541. The highest BCUT2D eigenvalue weighted by atomic mass is 16.5. The van der Waals surface area contributed by atoms with Crippen LogP contribution in [0.2, 0.25) is 0 Å². The van der Waals surface area contributed by atoms with Crippen molar-refractivity contribution in [2.75, 3.05) is 6.61 Å². The van der Waals surface area contributed by atoms with Crippen LogP contribution in [0.25, 0.3) is 0 Å². The number of ether oxygens (including phenoxy) is 1. The fraction of sp³-hybridized carbons (Fsp3) is 0.500. The Morgan fingerprint density at radius 1 is 1.31 bits per heavy atom. The maximum absolute atomic E-state index is 10.9. The Morgan fingerprint density at radius 2 is 2.00 bits per heavy atom. The zero-order valence-corrected chi connectivity index (χ0v) is 10.1. The SMILES string of the molecule is CCC(=O)OCCCC(C)c1ccccc1. The van der Waals surface area contributed by atoms with Gasteiger partial charge < -0.3 is 4.74 Å². The van der Waals surface area contributed by atoms with Gasteiger partial charge in [-0.25, -0.2) is 0 Å². The zero-order chi connectivity index (χ0) is 11.8. The highest BCUT2D eigenvalue weighted by Crippen LogP contribution is 2.19. The van der Waals surface area contributed by atoms with Crippen LogP contribution in [-0.2, 0) is 9.53 Å². The minimum absolute atomic E-state index is 0.104. The van der Waals surface area contributed by atoms with Crippen molar-refractivity contribution < 1.29 is 9.53 Å². The maximum Gasteiger partial charge on any atom is 0.305 e. The van der Waals surface area contributed by atoms with Crippen LogP contribution in [0.3, 0.4) is 0 Å². The van der Waals surface area contributed by atoms with Crippen molar-refractivity contribution >= 4 is 5.97 Å². The van der Waals surface area contributed by atoms with Gasteiger partial charge in [0.25, 0.3) is 0 Å². The van der Waals surface area contributed by atoms with Gasteiger partial charge in [0, 0.05) is 6.42 Å². The highest BCUT2D eigenvalue weighted by molar-refractivity contribution is 5.68. The summed E-state index contributed by atoms with van der Waals surface area (Å²) in [6, 6.07) is 10.4. The topological polar surface area (TPSA) is 26.3 Å². The van der Waals surface area contributed by atoms with Crippen molar-refractivity contribution in [1.82, 2.24) is 0 Å². The van der Waals surface area contributed by atoms with Gasteiger partial charge in [-0.3, -0.25) is 4.79 Å². The maximum atomic E-state index is 10.9. The molecule has 0 aliphatic rings. The number of hydrogen-bond donors (Lipinski definition) is 0. The lowest BCUT2D eigenvalue weighted by molar-refractivity contribution is -0.143. The van der Waals surface area contributed by atoms with Crippen LogP contribution in [0, 0.1) is 0 Å². The molecule has 1 aromatic rings. The molecule has 0 aromatic heterocycles. The van der Waals surface area contributed by atoms with Gasteiger partial charge in [-0.15, -0.1) is 0 Å². The molecular weight excluding hydrogens is 200 g/mol. The molecule has 88 valence electrons. The summed E-state index contributed by atoms with van der Waals surface area (Å²) in [6.07, 6.45) is 2.46. The molecule has 0 heterocycles. The van der Waals surface area contributed by atoms with Crippen molar-refractivity contribution in [3.8, 4) is 0 Å². The van der Waals surface area contributed by atoms with E-state index in [1.807, 2.05) is 13.0 Å². The summed E-state index contributed by atoms with van der Waals surface area (Å²) < 4.78 is 5.04. The van der Waals surface area contributed by atoms with Crippen LogP contribution in [0.4, 0.5) is 0 Å². The summed E-state index contributed by atoms with van der Waals surface area (Å²) in [7, 11) is 0. The first-order valence-electron chi connectivity index (χ1n) is 5.94. The zero-order valence-electron chi connectivity index (χ0n) is 10.1. The van der Waals surface area contributed by atoms with E-state index in [1.54, 1.807) is 0 Å². The Morgan fingerprint density at radius 3 is 2.62 bits per heavy atom. The molecule has 2 nitrogen and oxygen atoms in total. The fourth-order valence-corrected chi connectivity index (χ4v) is 1.63. The molecule has 1 atom stereocenters. The minimum atomic E-state index is -0.104. The average Bonchev–Trinajstić information content (AvgIpc) is 2.35. The molecule has 0 radical (unpaired) electrons. The van der Waals surface area contributed by atoms with Gasteiger partial charge in [-0.2, -0.15) is 0 Å². The molecule has 2 heteroatoms. The molecular formula is C14H20O2. The van der Waals surface area contributed by atoms with Crippen molar-refractivity contribution in [3.63, 3.8) is 0 Å². The molecule has 0 aliphatic heterocycles. The van der Waals surface area contributed by atoms with Gasteiger partial charge in [0.05, 0.1) is 6.61 Å². The Hall–Kier alpha value is -1.31. The molecule has 0 saturated heterocycles. The predicted octanol–water partition coefficient (Wildman–Crippen LogP) is 3.52. The summed E-state index contributed by atoms with van der Waals surface area (Å²) in [4.78, 5) is 10.9. The minimum Gasteiger partial charge on any atom is -0.466 e. The Balaban J connectivity index is 2.21. The first-order chi connectivity index (χ1) is 7.74. The van der Waals surface area contributed by atoms with E-state index < -0.39 is 0 Å². The van der Waals surface area contributed by atoms with Gasteiger partial charge in [0.2, 0.25) is 0 Å². The largest absolute Gasteiger partial charge is 0.466 e. The summed E-state index contributed by atoms with van der Waals surface area (Å²) in [6.45, 7) is 4.57. The summed E-state index contributed by atoms with van der Waals surface area (Å²) in [5.41, 5.74) is 1.35. The van der Waals surface area contributed by atoms with Gasteiger partial charge in [-0.05, 0) is 24.3 Å². The summed E-state index contributed by atoms with van der Waals surface area (Å²) in [5, 5.41) is 0. The molecule has 1 rings (SSSR count). The monoisotopic (exact) mass is 220 g/mol. The van der Waals surface area contributed by atoms with Gasteiger partial charge in [0.15, 0.2) is 0 Å². The Bertz CT molecular complexity index is 306. The van der Waals surface area contributed by atoms with Crippen molar-refractivity contribution in [1.29, 1.82) is 0 Å². The molecule has 0 bridgehead atoms. The van der Waals surface area contributed by atoms with E-state index in [2.05, 4.69) is 31.2 Å². The third-order valence-electron chi connectivity index (χ3n) is 2.70. The lowest BCUT2D eigenvalue weighted by Gasteiger charge is -2.11. The number of carbonyl (C=O) groups is 1. The van der Waals surface area contributed by atoms with Crippen LogP contribution in [0.15, 0.2) is 30.3 Å². The van der Waals surface area contributed by atoms with E-state index >= 15 is 0 Å². The molecule has 16 heavy (non-hydrogen) atoms. The van der Waals surface area contributed by atoms with Crippen molar-refractivity contribution in [2.45, 2.75) is 39.0 Å². The standard InChI is InChI=1S/C14H20O2/c1-3-14(15)16-11-7-8-12(2)13-9-5-4-6-10-13/h4-6,9-10,12H,3,7-8,11H2,1-2H3. The lowest BCUT2D eigenvalue weighted by atomic mass is 9.97. The summed E-state index contributed by atoms with van der Waals surface area (Å²) >= 11 is 0. The fourth-order valence-electron chi connectivity index (χ4n) is 1.63. The molecule has 1 unspecified atom stereocenters. The molecule has 0 spiro atoms. The van der Waals surface area contributed by atoms with Crippen LogP contribution in [-0.4, -0.2) is 12.6 Å². The van der Waals surface area contributed by atoms with E-state index in [-0.39, 0.29) is 5.97 Å². The van der Waals surface area contributed by atoms with E-state index in [1.165, 1.54) is 5.56 Å². The molecule has 0 aliphatic carbocycles. The average molecular weight is 220 g/mol. The van der Waals surface area contributed by atoms with E-state index in [9.17, 15) is 4.79 Å². The predicted molar refractivity (Wildman–Crippen MR) is 65.3 cm³/mol. The first kappa shape index (κ1) is 12.8. The number of carbonyl (C=O) groups excluding carboxylic acids is 1. The summed E-state index contributed by atoms with van der Waals surface area (Å²) in [5.74, 6) is 0.425. The number of esters is 1. The number of rotatable bonds is 6. The Kier molecular flexibility index (Phi) is 5.62. The lowest BCUT2D eigenvalue weighted by Crippen LogP contribution is -2.05. The van der Waals surface area contributed by atoms with E-state index in [0.29, 0.717) is 18.9 Å². The third kappa shape index (κ3) is 4.47. The highest BCUT2D eigenvalue weighted by Gasteiger charge is 2.05. The second-order valence-corrected chi connectivity index (χ2v) is 4.03. The molecule has 1 aromatic carbocycles. The van der Waals surface area contributed by atoms with Crippen LogP contribution < -0.4 is 0 Å². The smallest absolute Gasteiger partial charge is 0.305 e.